The van der Waals surface area contributed by atoms with Gasteiger partial charge >= 0.3 is 0 Å². The van der Waals surface area contributed by atoms with Gasteiger partial charge in [0.1, 0.15) is 5.75 Å². The highest BCUT2D eigenvalue weighted by Crippen LogP contribution is 2.29. The zero-order chi connectivity index (χ0) is 15.4. The van der Waals surface area contributed by atoms with Gasteiger partial charge in [0.2, 0.25) is 0 Å². The number of benzene rings is 1. The molecule has 1 heterocycles. The summed E-state index contributed by atoms with van der Waals surface area (Å²) in [5, 5.41) is 4.82. The Morgan fingerprint density at radius 3 is 2.71 bits per heavy atom. The first kappa shape index (κ1) is 15.9. The predicted molar refractivity (Wildman–Crippen MR) is 90.0 cm³/mol. The summed E-state index contributed by atoms with van der Waals surface area (Å²) in [4.78, 5) is 0. The predicted octanol–water partition coefficient (Wildman–Crippen LogP) is 4.16. The molecule has 0 radical (unpaired) electrons. The molecule has 1 aromatic heterocycles. The number of nitrogens with one attached hydrogen (secondary N) is 1. The van der Waals surface area contributed by atoms with Crippen LogP contribution in [0.1, 0.15) is 44.9 Å². The zero-order valence-corrected chi connectivity index (χ0v) is 14.0. The van der Waals surface area contributed by atoms with Crippen LogP contribution in [0.25, 0.3) is 10.9 Å². The SMILES string of the molecule is CCCNCc1c(C)n(C)c2ccc(OC(C)CC)cc12. The van der Waals surface area contributed by atoms with Crippen LogP contribution < -0.4 is 10.1 Å². The Kier molecular flexibility index (Phi) is 5.29. The zero-order valence-electron chi connectivity index (χ0n) is 14.0. The Morgan fingerprint density at radius 1 is 1.29 bits per heavy atom. The summed E-state index contributed by atoms with van der Waals surface area (Å²) < 4.78 is 8.24. The molecule has 1 atom stereocenters. The van der Waals surface area contributed by atoms with Crippen molar-refractivity contribution < 1.29 is 4.74 Å². The molecule has 1 N–H and O–H groups in total. The largest absolute Gasteiger partial charge is 0.491 e. The maximum Gasteiger partial charge on any atom is 0.120 e. The lowest BCUT2D eigenvalue weighted by Gasteiger charge is -2.12. The summed E-state index contributed by atoms with van der Waals surface area (Å²) in [5.74, 6) is 0.971. The van der Waals surface area contributed by atoms with E-state index in [0.29, 0.717) is 0 Å². The normalized spacial score (nSPS) is 12.8. The molecule has 21 heavy (non-hydrogen) atoms. The topological polar surface area (TPSA) is 26.2 Å². The van der Waals surface area contributed by atoms with Crippen LogP contribution in [0.15, 0.2) is 18.2 Å². The molecule has 2 aromatic rings. The van der Waals surface area contributed by atoms with Crippen molar-refractivity contribution in [1.29, 1.82) is 0 Å². The monoisotopic (exact) mass is 288 g/mol. The molecule has 2 rings (SSSR count). The van der Waals surface area contributed by atoms with Gasteiger partial charge in [-0.25, -0.2) is 0 Å². The van der Waals surface area contributed by atoms with E-state index in [1.807, 2.05) is 0 Å². The number of nitrogens with zero attached hydrogens (tertiary/aromatic N) is 1. The number of aromatic nitrogens is 1. The third kappa shape index (κ3) is 3.41. The molecule has 1 aromatic carbocycles. The second-order valence-electron chi connectivity index (χ2n) is 5.82. The summed E-state index contributed by atoms with van der Waals surface area (Å²) in [6.07, 6.45) is 2.44. The van der Waals surface area contributed by atoms with Crippen LogP contribution in [0.2, 0.25) is 0 Å². The van der Waals surface area contributed by atoms with Gasteiger partial charge in [0.25, 0.3) is 0 Å². The Morgan fingerprint density at radius 2 is 2.05 bits per heavy atom. The Labute approximate surface area is 128 Å². The summed E-state index contributed by atoms with van der Waals surface area (Å²) in [5.41, 5.74) is 3.99. The molecular weight excluding hydrogens is 260 g/mol. The smallest absolute Gasteiger partial charge is 0.120 e. The molecule has 0 saturated carbocycles. The fourth-order valence-electron chi connectivity index (χ4n) is 2.63. The molecule has 0 bridgehead atoms. The maximum atomic E-state index is 5.97. The van der Waals surface area contributed by atoms with Crippen molar-refractivity contribution in [2.75, 3.05) is 6.54 Å². The first-order chi connectivity index (χ1) is 10.1. The minimum Gasteiger partial charge on any atom is -0.491 e. The van der Waals surface area contributed by atoms with Gasteiger partial charge in [-0.3, -0.25) is 0 Å². The van der Waals surface area contributed by atoms with Gasteiger partial charge in [0.15, 0.2) is 0 Å². The molecule has 0 spiro atoms. The summed E-state index contributed by atoms with van der Waals surface area (Å²) in [6.45, 7) is 10.6. The first-order valence-electron chi connectivity index (χ1n) is 8.03. The average molecular weight is 288 g/mol. The van der Waals surface area contributed by atoms with Gasteiger partial charge in [-0.05, 0) is 57.0 Å². The highest BCUT2D eigenvalue weighted by atomic mass is 16.5. The van der Waals surface area contributed by atoms with Crippen molar-refractivity contribution >= 4 is 10.9 Å². The lowest BCUT2D eigenvalue weighted by molar-refractivity contribution is 0.217. The molecule has 0 saturated heterocycles. The number of rotatable bonds is 7. The van der Waals surface area contributed by atoms with E-state index in [4.69, 9.17) is 4.74 Å². The quantitative estimate of drug-likeness (QED) is 0.774. The maximum absolute atomic E-state index is 5.97. The molecule has 116 valence electrons. The van der Waals surface area contributed by atoms with Crippen LogP contribution in [0.5, 0.6) is 5.75 Å². The molecule has 3 nitrogen and oxygen atoms in total. The van der Waals surface area contributed by atoms with Gasteiger partial charge in [-0.2, -0.15) is 0 Å². The molecule has 1 unspecified atom stereocenters. The van der Waals surface area contributed by atoms with E-state index in [9.17, 15) is 0 Å². The summed E-state index contributed by atoms with van der Waals surface area (Å²) >= 11 is 0. The Bertz CT molecular complexity index is 601. The van der Waals surface area contributed by atoms with Gasteiger partial charge in [-0.1, -0.05) is 13.8 Å². The minimum absolute atomic E-state index is 0.258. The molecule has 0 aliphatic carbocycles. The van der Waals surface area contributed by atoms with Crippen LogP contribution in [-0.2, 0) is 13.6 Å². The van der Waals surface area contributed by atoms with Crippen molar-refractivity contribution in [2.24, 2.45) is 7.05 Å². The Balaban J connectivity index is 2.36. The molecule has 0 aliphatic heterocycles. The number of aryl methyl sites for hydroxylation is 1. The summed E-state index contributed by atoms with van der Waals surface area (Å²) in [6, 6.07) is 6.44. The third-order valence-corrected chi connectivity index (χ3v) is 4.24. The number of ether oxygens (including phenoxy) is 1. The van der Waals surface area contributed by atoms with Crippen LogP contribution in [0.3, 0.4) is 0 Å². The third-order valence-electron chi connectivity index (χ3n) is 4.24. The standard InChI is InChI=1S/C18H28N2O/c1-6-10-19-12-17-14(4)20(5)18-9-8-15(11-16(17)18)21-13(3)7-2/h8-9,11,13,19H,6-7,10,12H2,1-5H3. The van der Waals surface area contributed by atoms with Crippen LogP contribution in [0.4, 0.5) is 0 Å². The lowest BCUT2D eigenvalue weighted by atomic mass is 10.1. The number of hydrogen-bond donors (Lipinski definition) is 1. The van der Waals surface area contributed by atoms with E-state index >= 15 is 0 Å². The summed E-state index contributed by atoms with van der Waals surface area (Å²) in [7, 11) is 2.14. The first-order valence-corrected chi connectivity index (χ1v) is 8.03. The molecular formula is C18H28N2O. The van der Waals surface area contributed by atoms with Gasteiger partial charge in [-0.15, -0.1) is 0 Å². The van der Waals surface area contributed by atoms with Gasteiger partial charge in [0.05, 0.1) is 6.10 Å². The van der Waals surface area contributed by atoms with E-state index < -0.39 is 0 Å². The second kappa shape index (κ2) is 6.99. The molecule has 0 fully saturated rings. The van der Waals surface area contributed by atoms with E-state index in [0.717, 1.165) is 31.7 Å². The highest BCUT2D eigenvalue weighted by Gasteiger charge is 2.13. The molecule has 0 aliphatic rings. The Hall–Kier alpha value is -1.48. The van der Waals surface area contributed by atoms with Crippen molar-refractivity contribution in [2.45, 2.75) is 53.2 Å². The average Bonchev–Trinajstić information content (AvgIpc) is 2.72. The van der Waals surface area contributed by atoms with Crippen molar-refractivity contribution in [1.82, 2.24) is 9.88 Å². The van der Waals surface area contributed by atoms with Crippen LogP contribution >= 0.6 is 0 Å². The van der Waals surface area contributed by atoms with Crippen molar-refractivity contribution in [3.8, 4) is 5.75 Å². The number of fused-ring (bicyclic) bond motifs is 1. The van der Waals surface area contributed by atoms with E-state index in [2.05, 4.69) is 62.8 Å². The molecule has 3 heteroatoms. The second-order valence-corrected chi connectivity index (χ2v) is 5.82. The number of hydrogen-bond acceptors (Lipinski definition) is 2. The fraction of sp³-hybridized carbons (Fsp3) is 0.556. The lowest BCUT2D eigenvalue weighted by Crippen LogP contribution is -2.14. The van der Waals surface area contributed by atoms with Gasteiger partial charge in [0, 0.05) is 30.2 Å². The van der Waals surface area contributed by atoms with E-state index in [-0.39, 0.29) is 6.10 Å². The van der Waals surface area contributed by atoms with Crippen molar-refractivity contribution in [3.05, 3.63) is 29.5 Å². The highest BCUT2D eigenvalue weighted by molar-refractivity contribution is 5.86. The van der Waals surface area contributed by atoms with Gasteiger partial charge < -0.3 is 14.6 Å². The van der Waals surface area contributed by atoms with Crippen LogP contribution in [0, 0.1) is 6.92 Å². The molecule has 0 amide bonds. The van der Waals surface area contributed by atoms with Crippen LogP contribution in [-0.4, -0.2) is 17.2 Å². The fourth-order valence-corrected chi connectivity index (χ4v) is 2.63. The van der Waals surface area contributed by atoms with E-state index in [1.165, 1.54) is 22.2 Å². The minimum atomic E-state index is 0.258. The van der Waals surface area contributed by atoms with E-state index in [1.54, 1.807) is 0 Å². The van der Waals surface area contributed by atoms with Crippen molar-refractivity contribution in [3.63, 3.8) is 0 Å².